The third kappa shape index (κ3) is 2.69. The van der Waals surface area contributed by atoms with E-state index in [1.807, 2.05) is 6.07 Å². The maximum absolute atomic E-state index is 5.80. The average molecular weight is 304 g/mol. The molecule has 3 heterocycles. The highest BCUT2D eigenvalue weighted by atomic mass is 16.7. The third-order valence-electron chi connectivity index (χ3n) is 5.00. The van der Waals surface area contributed by atoms with Gasteiger partial charge in [0.1, 0.15) is 0 Å². The Hall–Kier alpha value is -1.30. The average Bonchev–Trinajstić information content (AvgIpc) is 3.07. The van der Waals surface area contributed by atoms with Crippen LogP contribution < -0.4 is 14.8 Å². The van der Waals surface area contributed by atoms with Gasteiger partial charge in [0.05, 0.1) is 0 Å². The summed E-state index contributed by atoms with van der Waals surface area (Å²) in [6, 6.07) is 6.72. The number of nitrogens with one attached hydrogen (secondary N) is 1. The van der Waals surface area contributed by atoms with Gasteiger partial charge in [0.15, 0.2) is 11.5 Å². The number of rotatable bonds is 3. The number of fused-ring (bicyclic) bond motifs is 1. The fourth-order valence-electron chi connectivity index (χ4n) is 3.93. The van der Waals surface area contributed by atoms with Crippen LogP contribution in [-0.2, 0) is 4.74 Å². The van der Waals surface area contributed by atoms with Crippen LogP contribution in [-0.4, -0.2) is 51.1 Å². The van der Waals surface area contributed by atoms with Crippen LogP contribution in [0.4, 0.5) is 0 Å². The molecule has 0 aliphatic carbocycles. The lowest BCUT2D eigenvalue weighted by Crippen LogP contribution is -2.47. The smallest absolute Gasteiger partial charge is 0.231 e. The summed E-state index contributed by atoms with van der Waals surface area (Å²) in [6.45, 7) is 6.39. The first-order chi connectivity index (χ1) is 10.9. The van der Waals surface area contributed by atoms with Crippen LogP contribution in [0.15, 0.2) is 18.2 Å². The largest absolute Gasteiger partial charge is 0.454 e. The predicted octanol–water partition coefficient (Wildman–Crippen LogP) is 1.79. The molecule has 120 valence electrons. The summed E-state index contributed by atoms with van der Waals surface area (Å²) in [5.74, 6) is 2.48. The summed E-state index contributed by atoms with van der Waals surface area (Å²) in [6.07, 6.45) is 2.25. The normalized spacial score (nSPS) is 24.4. The second-order valence-electron chi connectivity index (χ2n) is 6.26. The molecule has 0 radical (unpaired) electrons. The first kappa shape index (κ1) is 14.3. The standard InChI is InChI=1S/C17H24N2O3/c1-2-14(17-15(3-1)21-12-22-17)16(13-4-10-20-11-5-13)19-8-6-18-7-9-19/h1-3,13,16,18H,4-12H2/t16-/m0/s1. The molecular formula is C17H24N2O3. The van der Waals surface area contributed by atoms with Crippen molar-refractivity contribution >= 4 is 0 Å². The number of nitrogens with zero attached hydrogens (tertiary/aromatic N) is 1. The Kier molecular flexibility index (Phi) is 4.19. The van der Waals surface area contributed by atoms with Crippen LogP contribution in [0.5, 0.6) is 11.5 Å². The maximum atomic E-state index is 5.80. The number of hydrogen-bond acceptors (Lipinski definition) is 5. The van der Waals surface area contributed by atoms with Gasteiger partial charge < -0.3 is 19.5 Å². The molecule has 3 aliphatic rings. The Labute approximate surface area is 131 Å². The summed E-state index contributed by atoms with van der Waals surface area (Å²) in [4.78, 5) is 2.61. The van der Waals surface area contributed by atoms with Gasteiger partial charge in [-0.3, -0.25) is 4.90 Å². The van der Waals surface area contributed by atoms with E-state index < -0.39 is 0 Å². The highest BCUT2D eigenvalue weighted by Gasteiger charge is 2.34. The summed E-state index contributed by atoms with van der Waals surface area (Å²) < 4.78 is 17.0. The minimum Gasteiger partial charge on any atom is -0.454 e. The van der Waals surface area contributed by atoms with E-state index in [9.17, 15) is 0 Å². The highest BCUT2D eigenvalue weighted by Crippen LogP contribution is 2.44. The van der Waals surface area contributed by atoms with Crippen LogP contribution in [0, 0.1) is 5.92 Å². The number of piperazine rings is 1. The fourth-order valence-corrected chi connectivity index (χ4v) is 3.93. The van der Waals surface area contributed by atoms with Crippen LogP contribution in [0.3, 0.4) is 0 Å². The Bertz CT molecular complexity index is 493. The Morgan fingerprint density at radius 1 is 1.09 bits per heavy atom. The van der Waals surface area contributed by atoms with E-state index in [-0.39, 0.29) is 0 Å². The van der Waals surface area contributed by atoms with E-state index in [1.165, 1.54) is 5.56 Å². The number of ether oxygens (including phenoxy) is 3. The molecule has 2 saturated heterocycles. The van der Waals surface area contributed by atoms with Crippen molar-refractivity contribution in [2.24, 2.45) is 5.92 Å². The van der Waals surface area contributed by atoms with Crippen LogP contribution in [0.2, 0.25) is 0 Å². The van der Waals surface area contributed by atoms with Crippen molar-refractivity contribution in [3.63, 3.8) is 0 Å². The molecule has 1 atom stereocenters. The maximum Gasteiger partial charge on any atom is 0.231 e. The van der Waals surface area contributed by atoms with E-state index >= 15 is 0 Å². The SMILES string of the molecule is c1cc2c(c([C@H](C3CCOCC3)N3CCNCC3)c1)OCO2. The summed E-state index contributed by atoms with van der Waals surface area (Å²) in [7, 11) is 0. The second kappa shape index (κ2) is 6.44. The van der Waals surface area contributed by atoms with Crippen molar-refractivity contribution < 1.29 is 14.2 Å². The van der Waals surface area contributed by atoms with E-state index in [0.717, 1.165) is 63.7 Å². The monoisotopic (exact) mass is 304 g/mol. The number of para-hydroxylation sites is 1. The molecular weight excluding hydrogens is 280 g/mol. The Morgan fingerprint density at radius 2 is 1.91 bits per heavy atom. The number of hydrogen-bond donors (Lipinski definition) is 1. The van der Waals surface area contributed by atoms with Gasteiger partial charge in [-0.2, -0.15) is 0 Å². The zero-order valence-electron chi connectivity index (χ0n) is 12.9. The first-order valence-electron chi connectivity index (χ1n) is 8.34. The molecule has 1 N–H and O–H groups in total. The second-order valence-corrected chi connectivity index (χ2v) is 6.26. The van der Waals surface area contributed by atoms with E-state index in [4.69, 9.17) is 14.2 Å². The van der Waals surface area contributed by atoms with E-state index in [1.54, 1.807) is 0 Å². The quantitative estimate of drug-likeness (QED) is 0.922. The molecule has 0 amide bonds. The molecule has 0 bridgehead atoms. The lowest BCUT2D eigenvalue weighted by molar-refractivity contribution is 0.0205. The molecule has 0 unspecified atom stereocenters. The summed E-state index contributed by atoms with van der Waals surface area (Å²) in [5, 5.41) is 3.45. The van der Waals surface area contributed by atoms with Crippen molar-refractivity contribution in [3.8, 4) is 11.5 Å². The van der Waals surface area contributed by atoms with Gasteiger partial charge in [0.25, 0.3) is 0 Å². The van der Waals surface area contributed by atoms with Gasteiger partial charge in [-0.1, -0.05) is 12.1 Å². The zero-order valence-corrected chi connectivity index (χ0v) is 12.9. The van der Waals surface area contributed by atoms with Gasteiger partial charge >= 0.3 is 0 Å². The molecule has 5 nitrogen and oxygen atoms in total. The lowest BCUT2D eigenvalue weighted by Gasteiger charge is -2.41. The molecule has 0 spiro atoms. The van der Waals surface area contributed by atoms with Crippen molar-refractivity contribution in [2.45, 2.75) is 18.9 Å². The van der Waals surface area contributed by atoms with Crippen LogP contribution in [0.1, 0.15) is 24.4 Å². The summed E-state index contributed by atoms with van der Waals surface area (Å²) in [5.41, 5.74) is 1.30. The van der Waals surface area contributed by atoms with Crippen molar-refractivity contribution in [1.82, 2.24) is 10.2 Å². The molecule has 1 aromatic rings. The molecule has 0 aromatic heterocycles. The van der Waals surface area contributed by atoms with Gasteiger partial charge in [-0.05, 0) is 24.8 Å². The van der Waals surface area contributed by atoms with Crippen molar-refractivity contribution in [3.05, 3.63) is 23.8 Å². The van der Waals surface area contributed by atoms with Gasteiger partial charge in [-0.15, -0.1) is 0 Å². The molecule has 4 rings (SSSR count). The summed E-state index contributed by atoms with van der Waals surface area (Å²) >= 11 is 0. The molecule has 1 aromatic carbocycles. The van der Waals surface area contributed by atoms with Crippen LogP contribution >= 0.6 is 0 Å². The fraction of sp³-hybridized carbons (Fsp3) is 0.647. The minimum absolute atomic E-state index is 0.342. The number of benzene rings is 1. The first-order valence-corrected chi connectivity index (χ1v) is 8.34. The lowest BCUT2D eigenvalue weighted by atomic mass is 9.85. The van der Waals surface area contributed by atoms with E-state index in [2.05, 4.69) is 22.3 Å². The van der Waals surface area contributed by atoms with Crippen molar-refractivity contribution in [1.29, 1.82) is 0 Å². The molecule has 5 heteroatoms. The Morgan fingerprint density at radius 3 is 2.73 bits per heavy atom. The predicted molar refractivity (Wildman–Crippen MR) is 83.3 cm³/mol. The van der Waals surface area contributed by atoms with Gasteiger partial charge in [0, 0.05) is 51.0 Å². The molecule has 0 saturated carbocycles. The highest BCUT2D eigenvalue weighted by molar-refractivity contribution is 5.49. The third-order valence-corrected chi connectivity index (χ3v) is 5.00. The zero-order chi connectivity index (χ0) is 14.8. The molecule has 22 heavy (non-hydrogen) atoms. The van der Waals surface area contributed by atoms with Crippen LogP contribution in [0.25, 0.3) is 0 Å². The topological polar surface area (TPSA) is 43.0 Å². The molecule has 2 fully saturated rings. The van der Waals surface area contributed by atoms with Crippen molar-refractivity contribution in [2.75, 3.05) is 46.2 Å². The molecule has 3 aliphatic heterocycles. The van der Waals surface area contributed by atoms with E-state index in [0.29, 0.717) is 18.8 Å². The Balaban J connectivity index is 1.68. The van der Waals surface area contributed by atoms with Gasteiger partial charge in [-0.25, -0.2) is 0 Å². The minimum atomic E-state index is 0.342. The van der Waals surface area contributed by atoms with Gasteiger partial charge in [0.2, 0.25) is 6.79 Å².